The zero-order valence-electron chi connectivity index (χ0n) is 15.1. The van der Waals surface area contributed by atoms with E-state index in [2.05, 4.69) is 9.62 Å². The molecule has 8 heteroatoms. The lowest BCUT2D eigenvalue weighted by atomic mass is 10.2. The van der Waals surface area contributed by atoms with Crippen molar-refractivity contribution in [2.45, 2.75) is 18.4 Å². The van der Waals surface area contributed by atoms with Crippen LogP contribution in [0.4, 0.5) is 9.18 Å². The molecule has 0 aromatic heterocycles. The molecule has 0 atom stereocenters. The number of urea groups is 1. The van der Waals surface area contributed by atoms with Gasteiger partial charge in [-0.25, -0.2) is 22.3 Å². The van der Waals surface area contributed by atoms with E-state index in [1.54, 1.807) is 24.3 Å². The number of halogens is 1. The molecule has 2 aromatic rings. The van der Waals surface area contributed by atoms with Crippen molar-refractivity contribution in [3.8, 4) is 0 Å². The molecule has 1 fully saturated rings. The predicted molar refractivity (Wildman–Crippen MR) is 100 cm³/mol. The van der Waals surface area contributed by atoms with E-state index in [1.165, 1.54) is 29.2 Å². The molecule has 27 heavy (non-hydrogen) atoms. The number of aryl methyl sites for hydroxylation is 1. The van der Waals surface area contributed by atoms with E-state index in [0.29, 0.717) is 32.7 Å². The van der Waals surface area contributed by atoms with Crippen molar-refractivity contribution < 1.29 is 17.6 Å². The van der Waals surface area contributed by atoms with Gasteiger partial charge in [0.2, 0.25) is 0 Å². The molecule has 144 valence electrons. The maximum Gasteiger partial charge on any atom is 0.331 e. The molecule has 0 saturated carbocycles. The van der Waals surface area contributed by atoms with Crippen molar-refractivity contribution in [1.29, 1.82) is 0 Å². The van der Waals surface area contributed by atoms with Gasteiger partial charge in [-0.05, 0) is 36.8 Å². The van der Waals surface area contributed by atoms with Gasteiger partial charge in [0.25, 0.3) is 10.0 Å². The fourth-order valence-corrected chi connectivity index (χ4v) is 3.88. The number of rotatable bonds is 4. The van der Waals surface area contributed by atoms with E-state index in [9.17, 15) is 17.6 Å². The van der Waals surface area contributed by atoms with Crippen LogP contribution in [-0.2, 0) is 16.6 Å². The molecule has 0 bridgehead atoms. The monoisotopic (exact) mass is 391 g/mol. The Morgan fingerprint density at radius 3 is 2.19 bits per heavy atom. The molecule has 1 heterocycles. The number of nitrogens with zero attached hydrogens (tertiary/aromatic N) is 2. The summed E-state index contributed by atoms with van der Waals surface area (Å²) in [6, 6.07) is 12.0. The highest BCUT2D eigenvalue weighted by atomic mass is 32.2. The van der Waals surface area contributed by atoms with Gasteiger partial charge in [-0.1, -0.05) is 29.8 Å². The Kier molecular flexibility index (Phi) is 5.76. The van der Waals surface area contributed by atoms with Crippen LogP contribution in [0, 0.1) is 12.7 Å². The van der Waals surface area contributed by atoms with Crippen LogP contribution in [-0.4, -0.2) is 50.4 Å². The minimum Gasteiger partial charge on any atom is -0.321 e. The highest BCUT2D eigenvalue weighted by molar-refractivity contribution is 7.90. The third-order valence-electron chi connectivity index (χ3n) is 4.53. The summed E-state index contributed by atoms with van der Waals surface area (Å²) in [5, 5.41) is 0. The first-order valence-corrected chi connectivity index (χ1v) is 10.2. The maximum absolute atomic E-state index is 13.0. The first-order valence-electron chi connectivity index (χ1n) is 8.69. The van der Waals surface area contributed by atoms with Crippen LogP contribution in [0.5, 0.6) is 0 Å². The minimum absolute atomic E-state index is 0.0661. The Balaban J connectivity index is 1.53. The zero-order valence-corrected chi connectivity index (χ0v) is 15.9. The van der Waals surface area contributed by atoms with Gasteiger partial charge in [-0.3, -0.25) is 4.90 Å². The number of piperazine rings is 1. The number of carbonyl (C=O) groups is 1. The van der Waals surface area contributed by atoms with E-state index in [0.717, 1.165) is 11.1 Å². The Morgan fingerprint density at radius 1 is 1.00 bits per heavy atom. The molecule has 2 amide bonds. The van der Waals surface area contributed by atoms with E-state index in [-0.39, 0.29) is 10.7 Å². The number of nitrogens with one attached hydrogen (secondary N) is 1. The number of amides is 2. The van der Waals surface area contributed by atoms with Crippen LogP contribution in [0.3, 0.4) is 0 Å². The number of hydrogen-bond acceptors (Lipinski definition) is 4. The molecule has 3 rings (SSSR count). The number of carbonyl (C=O) groups excluding carboxylic acids is 1. The van der Waals surface area contributed by atoms with Crippen molar-refractivity contribution in [3.63, 3.8) is 0 Å². The summed E-state index contributed by atoms with van der Waals surface area (Å²) < 4.78 is 39.8. The lowest BCUT2D eigenvalue weighted by Crippen LogP contribution is -2.52. The van der Waals surface area contributed by atoms with Gasteiger partial charge in [0.1, 0.15) is 5.82 Å². The molecule has 2 aromatic carbocycles. The second-order valence-corrected chi connectivity index (χ2v) is 8.30. The van der Waals surface area contributed by atoms with E-state index in [4.69, 9.17) is 0 Å². The Morgan fingerprint density at radius 2 is 1.59 bits per heavy atom. The van der Waals surface area contributed by atoms with Crippen molar-refractivity contribution in [2.24, 2.45) is 0 Å². The Bertz CT molecular complexity index is 891. The average Bonchev–Trinajstić information content (AvgIpc) is 2.64. The van der Waals surface area contributed by atoms with Crippen molar-refractivity contribution in [3.05, 3.63) is 65.5 Å². The maximum atomic E-state index is 13.0. The fraction of sp³-hybridized carbons (Fsp3) is 0.316. The molecular weight excluding hydrogens is 369 g/mol. The summed E-state index contributed by atoms with van der Waals surface area (Å²) >= 11 is 0. The molecule has 0 aliphatic carbocycles. The highest BCUT2D eigenvalue weighted by Crippen LogP contribution is 2.12. The molecule has 0 spiro atoms. The smallest absolute Gasteiger partial charge is 0.321 e. The molecule has 1 saturated heterocycles. The van der Waals surface area contributed by atoms with E-state index >= 15 is 0 Å². The molecule has 0 unspecified atom stereocenters. The van der Waals surface area contributed by atoms with Crippen LogP contribution >= 0.6 is 0 Å². The molecular formula is C19H22FN3O3S. The second kappa shape index (κ2) is 8.06. The minimum atomic E-state index is -3.88. The molecule has 1 N–H and O–H groups in total. The topological polar surface area (TPSA) is 69.7 Å². The van der Waals surface area contributed by atoms with Gasteiger partial charge < -0.3 is 4.90 Å². The van der Waals surface area contributed by atoms with Crippen molar-refractivity contribution >= 4 is 16.1 Å². The molecule has 6 nitrogen and oxygen atoms in total. The van der Waals surface area contributed by atoms with Crippen LogP contribution < -0.4 is 4.72 Å². The second-order valence-electron chi connectivity index (χ2n) is 6.61. The third-order valence-corrected chi connectivity index (χ3v) is 5.87. The summed E-state index contributed by atoms with van der Waals surface area (Å²) in [4.78, 5) is 16.0. The molecule has 1 aliphatic heterocycles. The average molecular weight is 391 g/mol. The largest absolute Gasteiger partial charge is 0.331 e. The van der Waals surface area contributed by atoms with Gasteiger partial charge in [-0.2, -0.15) is 0 Å². The van der Waals surface area contributed by atoms with Gasteiger partial charge in [0.05, 0.1) is 4.90 Å². The standard InChI is InChI=1S/C19H22FN3O3S/c1-15-2-8-18(9-3-15)27(25,26)21-19(24)23-12-10-22(11-13-23)14-16-4-6-17(20)7-5-16/h2-9H,10-14H2,1H3,(H,21,24). The van der Waals surface area contributed by atoms with E-state index in [1.807, 2.05) is 6.92 Å². The van der Waals surface area contributed by atoms with Crippen LogP contribution in [0.2, 0.25) is 0 Å². The molecule has 1 aliphatic rings. The van der Waals surface area contributed by atoms with Crippen LogP contribution in [0.25, 0.3) is 0 Å². The summed E-state index contributed by atoms with van der Waals surface area (Å²) in [6.45, 7) is 4.62. The van der Waals surface area contributed by atoms with Crippen molar-refractivity contribution in [2.75, 3.05) is 26.2 Å². The van der Waals surface area contributed by atoms with Crippen LogP contribution in [0.1, 0.15) is 11.1 Å². The number of benzene rings is 2. The number of sulfonamides is 1. The van der Waals surface area contributed by atoms with Crippen LogP contribution in [0.15, 0.2) is 53.4 Å². The lowest BCUT2D eigenvalue weighted by molar-refractivity contribution is 0.138. The summed E-state index contributed by atoms with van der Waals surface area (Å²) in [5.41, 5.74) is 1.94. The summed E-state index contributed by atoms with van der Waals surface area (Å²) in [6.07, 6.45) is 0. The summed E-state index contributed by atoms with van der Waals surface area (Å²) in [7, 11) is -3.88. The molecule has 0 radical (unpaired) electrons. The quantitative estimate of drug-likeness (QED) is 0.869. The van der Waals surface area contributed by atoms with Gasteiger partial charge in [0.15, 0.2) is 0 Å². The summed E-state index contributed by atoms with van der Waals surface area (Å²) in [5.74, 6) is -0.268. The third kappa shape index (κ3) is 5.05. The first-order chi connectivity index (χ1) is 12.8. The van der Waals surface area contributed by atoms with E-state index < -0.39 is 16.1 Å². The predicted octanol–water partition coefficient (Wildman–Crippen LogP) is 2.35. The first kappa shape index (κ1) is 19.3. The van der Waals surface area contributed by atoms with Gasteiger partial charge in [-0.15, -0.1) is 0 Å². The number of hydrogen-bond donors (Lipinski definition) is 1. The fourth-order valence-electron chi connectivity index (χ4n) is 2.91. The SMILES string of the molecule is Cc1ccc(S(=O)(=O)NC(=O)N2CCN(Cc3ccc(F)cc3)CC2)cc1. The lowest BCUT2D eigenvalue weighted by Gasteiger charge is -2.34. The van der Waals surface area contributed by atoms with Gasteiger partial charge >= 0.3 is 6.03 Å². The van der Waals surface area contributed by atoms with Crippen molar-refractivity contribution in [1.82, 2.24) is 14.5 Å². The Labute approximate surface area is 158 Å². The highest BCUT2D eigenvalue weighted by Gasteiger charge is 2.25. The van der Waals surface area contributed by atoms with Gasteiger partial charge in [0, 0.05) is 32.7 Å². The normalized spacial score (nSPS) is 15.6. The Hall–Kier alpha value is -2.45. The zero-order chi connectivity index (χ0) is 19.4.